The fourth-order valence-electron chi connectivity index (χ4n) is 1.21. The molecule has 0 bridgehead atoms. The Labute approximate surface area is 99.4 Å². The maximum Gasteiger partial charge on any atom is 0.310 e. The molecule has 2 heteroatoms. The molecule has 0 spiro atoms. The van der Waals surface area contributed by atoms with Crippen LogP contribution >= 0.6 is 0 Å². The Morgan fingerprint density at radius 2 is 2.13 bits per heavy atom. The van der Waals surface area contributed by atoms with E-state index >= 15 is 0 Å². The van der Waals surface area contributed by atoms with Gasteiger partial charge in [0.25, 0.3) is 0 Å². The number of carboxylic acid groups (broad SMARTS) is 1. The second-order valence-electron chi connectivity index (χ2n) is 3.43. The predicted octanol–water partition coefficient (Wildman–Crippen LogP) is 3.07. The van der Waals surface area contributed by atoms with Gasteiger partial charge in [0.15, 0.2) is 0 Å². The zero-order valence-corrected chi connectivity index (χ0v) is 8.74. The molecule has 0 saturated carbocycles. The summed E-state index contributed by atoms with van der Waals surface area (Å²) in [5.41, 5.74) is 0.528. The average Bonchev–Trinajstić information content (AvgIpc) is 2.36. The molecule has 1 N–H and O–H groups in total. The van der Waals surface area contributed by atoms with Crippen LogP contribution in [0.5, 0.6) is 0 Å². The minimum atomic E-state index is -2.79. The number of aliphatic carboxylic acids is 1. The molecule has 0 aliphatic heterocycles. The van der Waals surface area contributed by atoms with Crippen molar-refractivity contribution in [1.82, 2.24) is 0 Å². The quantitative estimate of drug-likeness (QED) is 0.832. The number of hydrogen-bond donors (Lipinski definition) is 1. The van der Waals surface area contributed by atoms with E-state index < -0.39 is 31.0 Å². The molecule has 2 unspecified atom stereocenters. The van der Waals surface area contributed by atoms with Crippen molar-refractivity contribution in [3.63, 3.8) is 0 Å². The molecular formula is C13H18O2. The van der Waals surface area contributed by atoms with Gasteiger partial charge in [-0.05, 0) is 30.3 Å². The van der Waals surface area contributed by atoms with Gasteiger partial charge in [0.2, 0.25) is 0 Å². The van der Waals surface area contributed by atoms with Gasteiger partial charge in [-0.3, -0.25) is 4.79 Å². The fourth-order valence-corrected chi connectivity index (χ4v) is 1.21. The topological polar surface area (TPSA) is 37.3 Å². The van der Waals surface area contributed by atoms with Gasteiger partial charge in [-0.2, -0.15) is 0 Å². The van der Waals surface area contributed by atoms with Gasteiger partial charge in [-0.25, -0.2) is 0 Å². The third kappa shape index (κ3) is 3.39. The lowest BCUT2D eigenvalue weighted by Gasteiger charge is -2.09. The van der Waals surface area contributed by atoms with Gasteiger partial charge in [-0.1, -0.05) is 38.0 Å². The first kappa shape index (κ1) is 5.69. The predicted molar refractivity (Wildman–Crippen MR) is 61.0 cm³/mol. The Bertz CT molecular complexity index is 518. The highest BCUT2D eigenvalue weighted by Gasteiger charge is 2.12. The summed E-state index contributed by atoms with van der Waals surface area (Å²) in [6.45, 7) is -0.250. The summed E-state index contributed by atoms with van der Waals surface area (Å²) in [7, 11) is 0. The van der Waals surface area contributed by atoms with Crippen LogP contribution in [0.2, 0.25) is 0 Å². The largest absolute Gasteiger partial charge is 0.481 e. The van der Waals surface area contributed by atoms with Gasteiger partial charge >= 0.3 is 5.97 Å². The molecule has 82 valence electrons. The van der Waals surface area contributed by atoms with Crippen LogP contribution in [0.1, 0.15) is 46.0 Å². The van der Waals surface area contributed by atoms with E-state index in [1.54, 1.807) is 0 Å². The Hall–Kier alpha value is -1.31. The standard InChI is InChI=1S/C13H18O2/c1-9(2)8-11-4-6-12(7-5-11)10(3)13(14)15/h4-7,9-10H,8H2,1-3H3,(H,14,15)/i1D3,8D2,9D. The molecular weight excluding hydrogens is 188 g/mol. The number of benzene rings is 1. The van der Waals surface area contributed by atoms with Crippen molar-refractivity contribution in [1.29, 1.82) is 0 Å². The first-order valence-corrected chi connectivity index (χ1v) is 4.65. The lowest BCUT2D eigenvalue weighted by atomic mass is 9.97. The maximum atomic E-state index is 10.9. The SMILES string of the molecule is [2H]C([2H])([2H])C([2H])(C)C([2H])([2H])c1ccc(C(C)C(=O)O)cc1. The molecule has 0 radical (unpaired) electrons. The number of rotatable bonds is 4. The third-order valence-electron chi connectivity index (χ3n) is 2.11. The molecule has 2 atom stereocenters. The molecule has 0 aliphatic carbocycles. The molecule has 0 saturated heterocycles. The number of carbonyl (C=O) groups is 1. The first-order chi connectivity index (χ1) is 9.32. The van der Waals surface area contributed by atoms with Crippen LogP contribution in [0.4, 0.5) is 0 Å². The molecule has 0 amide bonds. The summed E-state index contributed by atoms with van der Waals surface area (Å²) < 4.78 is 45.9. The summed E-state index contributed by atoms with van der Waals surface area (Å²) in [6.07, 6.45) is -2.40. The summed E-state index contributed by atoms with van der Waals surface area (Å²) in [5, 5.41) is 8.92. The molecule has 0 fully saturated rings. The Kier molecular flexibility index (Phi) is 1.88. The molecule has 2 nitrogen and oxygen atoms in total. The summed E-state index contributed by atoms with van der Waals surface area (Å²) >= 11 is 0. The summed E-state index contributed by atoms with van der Waals surface area (Å²) in [6, 6.07) is 5.57. The zero-order chi connectivity index (χ0) is 16.6. The minimum Gasteiger partial charge on any atom is -0.481 e. The van der Waals surface area contributed by atoms with Crippen LogP contribution in [0.15, 0.2) is 24.3 Å². The molecule has 1 rings (SSSR count). The van der Waals surface area contributed by atoms with Gasteiger partial charge in [0.05, 0.1) is 5.92 Å². The molecule has 0 heterocycles. The molecule has 15 heavy (non-hydrogen) atoms. The minimum absolute atomic E-state index is 0.0393. The van der Waals surface area contributed by atoms with Crippen molar-refractivity contribution in [3.8, 4) is 0 Å². The Morgan fingerprint density at radius 1 is 1.53 bits per heavy atom. The second-order valence-corrected chi connectivity index (χ2v) is 3.43. The monoisotopic (exact) mass is 212 g/mol. The van der Waals surface area contributed by atoms with Gasteiger partial charge in [-0.15, -0.1) is 0 Å². The lowest BCUT2D eigenvalue weighted by molar-refractivity contribution is -0.138. The fraction of sp³-hybridized carbons (Fsp3) is 0.462. The van der Waals surface area contributed by atoms with E-state index in [-0.39, 0.29) is 5.56 Å². The Balaban J connectivity index is 3.19. The summed E-state index contributed by atoms with van der Waals surface area (Å²) in [4.78, 5) is 10.9. The maximum absolute atomic E-state index is 10.9. The van der Waals surface area contributed by atoms with Crippen LogP contribution in [0.3, 0.4) is 0 Å². The van der Waals surface area contributed by atoms with Crippen molar-refractivity contribution in [2.24, 2.45) is 5.89 Å². The second kappa shape index (κ2) is 4.96. The smallest absolute Gasteiger partial charge is 0.310 e. The van der Waals surface area contributed by atoms with Crippen molar-refractivity contribution in [3.05, 3.63) is 35.4 Å². The van der Waals surface area contributed by atoms with Crippen molar-refractivity contribution >= 4 is 5.97 Å². The Morgan fingerprint density at radius 3 is 2.60 bits per heavy atom. The van der Waals surface area contributed by atoms with Crippen LogP contribution in [0, 0.1) is 5.89 Å². The summed E-state index contributed by atoms with van der Waals surface area (Å²) in [5.74, 6) is -4.06. The number of carboxylic acids is 1. The average molecular weight is 212 g/mol. The zero-order valence-electron chi connectivity index (χ0n) is 14.7. The lowest BCUT2D eigenvalue weighted by Crippen LogP contribution is -2.07. The van der Waals surface area contributed by atoms with E-state index in [1.165, 1.54) is 31.2 Å². The highest BCUT2D eigenvalue weighted by molar-refractivity contribution is 5.75. The highest BCUT2D eigenvalue weighted by Crippen LogP contribution is 2.17. The van der Waals surface area contributed by atoms with Crippen LogP contribution in [0.25, 0.3) is 0 Å². The molecule has 1 aromatic rings. The van der Waals surface area contributed by atoms with Crippen LogP contribution < -0.4 is 0 Å². The first-order valence-electron chi connectivity index (χ1n) is 7.65. The number of hydrogen-bond acceptors (Lipinski definition) is 1. The molecule has 0 aliphatic rings. The van der Waals surface area contributed by atoms with E-state index in [2.05, 4.69) is 0 Å². The van der Waals surface area contributed by atoms with E-state index in [9.17, 15) is 4.79 Å². The third-order valence-corrected chi connectivity index (χ3v) is 2.11. The van der Waals surface area contributed by atoms with Crippen molar-refractivity contribution < 1.29 is 18.1 Å². The molecule has 1 aromatic carbocycles. The highest BCUT2D eigenvalue weighted by atomic mass is 16.4. The van der Waals surface area contributed by atoms with Gasteiger partial charge in [0, 0.05) is 8.22 Å². The van der Waals surface area contributed by atoms with Crippen LogP contribution in [-0.2, 0) is 11.2 Å². The van der Waals surface area contributed by atoms with Gasteiger partial charge < -0.3 is 5.11 Å². The van der Waals surface area contributed by atoms with Crippen molar-refractivity contribution in [2.75, 3.05) is 0 Å². The molecule has 0 aromatic heterocycles. The van der Waals surface area contributed by atoms with E-state index in [0.29, 0.717) is 5.56 Å². The van der Waals surface area contributed by atoms with E-state index in [4.69, 9.17) is 13.3 Å². The van der Waals surface area contributed by atoms with Crippen molar-refractivity contribution in [2.45, 2.75) is 33.0 Å². The van der Waals surface area contributed by atoms with E-state index in [0.717, 1.165) is 6.92 Å². The van der Waals surface area contributed by atoms with E-state index in [1.807, 2.05) is 0 Å². The normalized spacial score (nSPS) is 24.4. The van der Waals surface area contributed by atoms with Crippen LogP contribution in [-0.4, -0.2) is 11.1 Å². The van der Waals surface area contributed by atoms with Gasteiger partial charge in [0.1, 0.15) is 0 Å².